The van der Waals surface area contributed by atoms with Gasteiger partial charge in [-0.25, -0.2) is 4.39 Å². The van der Waals surface area contributed by atoms with E-state index in [1.807, 2.05) is 0 Å². The van der Waals surface area contributed by atoms with Gasteiger partial charge in [-0.3, -0.25) is 0 Å². The van der Waals surface area contributed by atoms with E-state index in [0.29, 0.717) is 0 Å². The normalized spacial score (nSPS) is 11.1. The summed E-state index contributed by atoms with van der Waals surface area (Å²) < 4.78 is 19.1. The molecule has 0 aliphatic heterocycles. The molecule has 0 N–H and O–H groups in total. The summed E-state index contributed by atoms with van der Waals surface area (Å²) in [6, 6.07) is 6.46. The van der Waals surface area contributed by atoms with Gasteiger partial charge in [0.2, 0.25) is 0 Å². The zero-order valence-electron chi connectivity index (χ0n) is 15.2. The third kappa shape index (κ3) is 10.4. The Labute approximate surface area is 142 Å². The average Bonchev–Trinajstić information content (AvgIpc) is 2.56. The van der Waals surface area contributed by atoms with E-state index in [-0.39, 0.29) is 11.9 Å². The number of unbranched alkanes of at least 4 members (excludes halogenated alkanes) is 8. The van der Waals surface area contributed by atoms with E-state index in [9.17, 15) is 4.39 Å². The molecule has 1 rings (SSSR count). The predicted octanol–water partition coefficient (Wildman–Crippen LogP) is 7.29. The maximum atomic E-state index is 13.0. The number of benzene rings is 1. The molecule has 0 aliphatic carbocycles. The molecule has 0 saturated heterocycles. The van der Waals surface area contributed by atoms with Crippen molar-refractivity contribution in [2.24, 2.45) is 0 Å². The summed E-state index contributed by atoms with van der Waals surface area (Å²) in [5.41, 5.74) is 0. The van der Waals surface area contributed by atoms with Crippen LogP contribution in [0.2, 0.25) is 0 Å². The number of hydrogen-bond acceptors (Lipinski definition) is 1. The van der Waals surface area contributed by atoms with E-state index in [4.69, 9.17) is 4.74 Å². The fraction of sp³-hybridized carbons (Fsp3) is 0.714. The van der Waals surface area contributed by atoms with Crippen molar-refractivity contribution in [2.45, 2.75) is 97.0 Å². The Kier molecular flexibility index (Phi) is 11.6. The Hall–Kier alpha value is -1.05. The summed E-state index contributed by atoms with van der Waals surface area (Å²) in [5.74, 6) is 0.603. The van der Waals surface area contributed by atoms with E-state index in [1.54, 1.807) is 12.1 Å². The van der Waals surface area contributed by atoms with E-state index in [0.717, 1.165) is 18.6 Å². The first kappa shape index (κ1) is 20.0. The molecule has 0 heterocycles. The lowest BCUT2D eigenvalue weighted by atomic mass is 10.0. The topological polar surface area (TPSA) is 9.23 Å². The van der Waals surface area contributed by atoms with Gasteiger partial charge in [-0.15, -0.1) is 0 Å². The zero-order valence-corrected chi connectivity index (χ0v) is 15.2. The lowest BCUT2D eigenvalue weighted by Crippen LogP contribution is -2.16. The summed E-state index contributed by atoms with van der Waals surface area (Å²) in [6.07, 6.45) is 15.5. The van der Waals surface area contributed by atoms with Crippen LogP contribution in [0.3, 0.4) is 0 Å². The smallest absolute Gasteiger partial charge is 0.123 e. The molecule has 0 amide bonds. The van der Waals surface area contributed by atoms with Crippen molar-refractivity contribution < 1.29 is 9.13 Å². The van der Waals surface area contributed by atoms with Gasteiger partial charge in [-0.05, 0) is 49.9 Å². The van der Waals surface area contributed by atoms with Crippen LogP contribution in [0, 0.1) is 5.82 Å². The van der Waals surface area contributed by atoms with Gasteiger partial charge >= 0.3 is 0 Å². The van der Waals surface area contributed by atoms with Gasteiger partial charge in [0.25, 0.3) is 0 Å². The standard InChI is InChI=1S/C21H35FO/c1-3-5-7-9-11-13-20(14-12-10-8-6-4-2)23-21-17-15-19(22)16-18-21/h15-18,20H,3-14H2,1-2H3. The molecule has 23 heavy (non-hydrogen) atoms. The molecule has 0 spiro atoms. The molecule has 0 unspecified atom stereocenters. The molecule has 0 aromatic heterocycles. The average molecular weight is 323 g/mol. The van der Waals surface area contributed by atoms with Crippen molar-refractivity contribution in [2.75, 3.05) is 0 Å². The van der Waals surface area contributed by atoms with Crippen LogP contribution in [-0.4, -0.2) is 6.10 Å². The van der Waals surface area contributed by atoms with Crippen molar-refractivity contribution in [1.82, 2.24) is 0 Å². The van der Waals surface area contributed by atoms with E-state index in [2.05, 4.69) is 13.8 Å². The maximum absolute atomic E-state index is 13.0. The van der Waals surface area contributed by atoms with Crippen LogP contribution >= 0.6 is 0 Å². The van der Waals surface area contributed by atoms with Crippen LogP contribution in [0.4, 0.5) is 4.39 Å². The van der Waals surface area contributed by atoms with Crippen molar-refractivity contribution >= 4 is 0 Å². The highest BCUT2D eigenvalue weighted by Crippen LogP contribution is 2.20. The number of ether oxygens (including phenoxy) is 1. The molecule has 1 nitrogen and oxygen atoms in total. The predicted molar refractivity (Wildman–Crippen MR) is 97.6 cm³/mol. The van der Waals surface area contributed by atoms with Crippen molar-refractivity contribution in [3.8, 4) is 5.75 Å². The van der Waals surface area contributed by atoms with Gasteiger partial charge in [-0.2, -0.15) is 0 Å². The first-order valence-electron chi connectivity index (χ1n) is 9.68. The van der Waals surface area contributed by atoms with Gasteiger partial charge in [0.1, 0.15) is 11.6 Å². The van der Waals surface area contributed by atoms with Crippen molar-refractivity contribution in [3.05, 3.63) is 30.1 Å². The highest BCUT2D eigenvalue weighted by atomic mass is 19.1. The molecule has 1 aromatic rings. The first-order valence-corrected chi connectivity index (χ1v) is 9.68. The minimum Gasteiger partial charge on any atom is -0.490 e. The fourth-order valence-corrected chi connectivity index (χ4v) is 2.92. The van der Waals surface area contributed by atoms with E-state index in [1.165, 1.54) is 76.3 Å². The van der Waals surface area contributed by atoms with Crippen molar-refractivity contribution in [1.29, 1.82) is 0 Å². The van der Waals surface area contributed by atoms with Crippen LogP contribution in [0.5, 0.6) is 5.75 Å². The quantitative estimate of drug-likeness (QED) is 0.327. The first-order chi connectivity index (χ1) is 11.3. The van der Waals surface area contributed by atoms with Crippen LogP contribution in [0.25, 0.3) is 0 Å². The highest BCUT2D eigenvalue weighted by molar-refractivity contribution is 5.22. The molecule has 0 aliphatic rings. The summed E-state index contributed by atoms with van der Waals surface area (Å²) in [6.45, 7) is 4.49. The lowest BCUT2D eigenvalue weighted by molar-refractivity contribution is 0.172. The molecule has 1 aromatic carbocycles. The summed E-state index contributed by atoms with van der Waals surface area (Å²) in [5, 5.41) is 0. The van der Waals surface area contributed by atoms with Gasteiger partial charge in [0, 0.05) is 0 Å². The van der Waals surface area contributed by atoms with Gasteiger partial charge in [-0.1, -0.05) is 65.2 Å². The SMILES string of the molecule is CCCCCCCC(CCCCCCC)Oc1ccc(F)cc1. The monoisotopic (exact) mass is 322 g/mol. The summed E-state index contributed by atoms with van der Waals surface area (Å²) in [4.78, 5) is 0. The molecule has 2 heteroatoms. The molecule has 132 valence electrons. The van der Waals surface area contributed by atoms with Gasteiger partial charge in [0.05, 0.1) is 6.10 Å². The molecule has 0 atom stereocenters. The van der Waals surface area contributed by atoms with Crippen LogP contribution in [0.1, 0.15) is 90.9 Å². The van der Waals surface area contributed by atoms with E-state index >= 15 is 0 Å². The Morgan fingerprint density at radius 3 is 1.70 bits per heavy atom. The molecular formula is C21H35FO. The highest BCUT2D eigenvalue weighted by Gasteiger charge is 2.10. The molecule has 0 radical (unpaired) electrons. The van der Waals surface area contributed by atoms with Crippen LogP contribution in [-0.2, 0) is 0 Å². The van der Waals surface area contributed by atoms with Gasteiger partial charge < -0.3 is 4.74 Å². The Morgan fingerprint density at radius 1 is 0.739 bits per heavy atom. The second kappa shape index (κ2) is 13.4. The Balaban J connectivity index is 2.35. The molecule has 0 bridgehead atoms. The largest absolute Gasteiger partial charge is 0.490 e. The summed E-state index contributed by atoms with van der Waals surface area (Å²) in [7, 11) is 0. The van der Waals surface area contributed by atoms with Crippen LogP contribution < -0.4 is 4.74 Å². The lowest BCUT2D eigenvalue weighted by Gasteiger charge is -2.19. The molecule has 0 saturated carbocycles. The Morgan fingerprint density at radius 2 is 1.22 bits per heavy atom. The molecular weight excluding hydrogens is 287 g/mol. The third-order valence-electron chi connectivity index (χ3n) is 4.38. The van der Waals surface area contributed by atoms with Crippen molar-refractivity contribution in [3.63, 3.8) is 0 Å². The zero-order chi connectivity index (χ0) is 16.8. The van der Waals surface area contributed by atoms with Crippen LogP contribution in [0.15, 0.2) is 24.3 Å². The Bertz CT molecular complexity index is 360. The molecule has 0 fully saturated rings. The minimum absolute atomic E-state index is 0.201. The second-order valence-electron chi connectivity index (χ2n) is 6.60. The third-order valence-corrected chi connectivity index (χ3v) is 4.38. The second-order valence-corrected chi connectivity index (χ2v) is 6.60. The summed E-state index contributed by atoms with van der Waals surface area (Å²) >= 11 is 0. The fourth-order valence-electron chi connectivity index (χ4n) is 2.92. The number of halogens is 1. The van der Waals surface area contributed by atoms with E-state index < -0.39 is 0 Å². The minimum atomic E-state index is -0.201. The number of hydrogen-bond donors (Lipinski definition) is 0. The van der Waals surface area contributed by atoms with Gasteiger partial charge in [0.15, 0.2) is 0 Å². The number of rotatable bonds is 14. The maximum Gasteiger partial charge on any atom is 0.123 e.